The Morgan fingerprint density at radius 3 is 2.74 bits per heavy atom. The molecule has 0 aromatic rings. The highest BCUT2D eigenvalue weighted by Crippen LogP contribution is 2.57. The molecule has 0 bridgehead atoms. The van der Waals surface area contributed by atoms with E-state index < -0.39 is 11.6 Å². The fraction of sp³-hybridized carbons (Fsp3) is 0.800. The normalized spacial score (nSPS) is 45.8. The summed E-state index contributed by atoms with van der Waals surface area (Å²) in [5.41, 5.74) is 0.584. The molecule has 4 nitrogen and oxygen atoms in total. The van der Waals surface area contributed by atoms with Crippen LogP contribution >= 0.6 is 0 Å². The predicted molar refractivity (Wildman–Crippen MR) is 69.3 cm³/mol. The minimum Gasteiger partial charge on any atom is -0.454 e. The minimum absolute atomic E-state index is 0.0289. The zero-order valence-electron chi connectivity index (χ0n) is 11.6. The van der Waals surface area contributed by atoms with Gasteiger partial charge in [0.05, 0.1) is 17.8 Å². The molecule has 0 aromatic carbocycles. The molecule has 4 atom stereocenters. The third kappa shape index (κ3) is 1.77. The first-order valence-electron chi connectivity index (χ1n) is 7.15. The summed E-state index contributed by atoms with van der Waals surface area (Å²) in [7, 11) is 0. The molecule has 4 heteroatoms. The Morgan fingerprint density at radius 1 is 1.32 bits per heavy atom. The lowest BCUT2D eigenvalue weighted by Crippen LogP contribution is -2.56. The second-order valence-corrected chi connectivity index (χ2v) is 6.83. The van der Waals surface area contributed by atoms with Crippen LogP contribution in [0.4, 0.5) is 0 Å². The molecule has 2 fully saturated rings. The Balaban J connectivity index is 2.04. The van der Waals surface area contributed by atoms with E-state index in [1.54, 1.807) is 0 Å². The maximum Gasteiger partial charge on any atom is 0.337 e. The van der Waals surface area contributed by atoms with Crippen molar-refractivity contribution in [1.82, 2.24) is 0 Å². The highest BCUT2D eigenvalue weighted by atomic mass is 16.6. The molecule has 0 aromatic heterocycles. The second-order valence-electron chi connectivity index (χ2n) is 6.83. The summed E-state index contributed by atoms with van der Waals surface area (Å²) in [6, 6.07) is 0. The van der Waals surface area contributed by atoms with Gasteiger partial charge < -0.3 is 14.9 Å². The molecule has 0 amide bonds. The summed E-state index contributed by atoms with van der Waals surface area (Å²) in [6.07, 6.45) is 4.28. The molecule has 0 spiro atoms. The smallest absolute Gasteiger partial charge is 0.337 e. The fourth-order valence-electron chi connectivity index (χ4n) is 4.59. The number of fused-ring (bicyclic) bond motifs is 3. The lowest BCUT2D eigenvalue weighted by Gasteiger charge is -2.54. The van der Waals surface area contributed by atoms with Gasteiger partial charge in [-0.3, -0.25) is 0 Å². The molecular weight excluding hydrogens is 244 g/mol. The van der Waals surface area contributed by atoms with Gasteiger partial charge in [-0.15, -0.1) is 0 Å². The van der Waals surface area contributed by atoms with Crippen LogP contribution in [0.25, 0.3) is 0 Å². The first-order chi connectivity index (χ1) is 8.89. The van der Waals surface area contributed by atoms with Gasteiger partial charge in [0, 0.05) is 5.92 Å². The Morgan fingerprint density at radius 2 is 2.05 bits per heavy atom. The molecule has 106 valence electrons. The van der Waals surface area contributed by atoms with Crippen LogP contribution < -0.4 is 0 Å². The summed E-state index contributed by atoms with van der Waals surface area (Å²) < 4.78 is 5.51. The first kappa shape index (κ1) is 13.1. The Labute approximate surface area is 113 Å². The van der Waals surface area contributed by atoms with Crippen molar-refractivity contribution in [2.45, 2.75) is 57.7 Å². The monoisotopic (exact) mass is 266 g/mol. The number of aliphatic hydroxyl groups excluding tert-OH is 1. The molecule has 3 aliphatic rings. The van der Waals surface area contributed by atoms with Crippen molar-refractivity contribution in [3.63, 3.8) is 0 Å². The van der Waals surface area contributed by atoms with Crippen LogP contribution in [0.5, 0.6) is 0 Å². The van der Waals surface area contributed by atoms with Gasteiger partial charge >= 0.3 is 5.97 Å². The summed E-state index contributed by atoms with van der Waals surface area (Å²) in [5, 5.41) is 20.1. The maximum absolute atomic E-state index is 11.8. The van der Waals surface area contributed by atoms with Crippen molar-refractivity contribution >= 4 is 5.97 Å². The van der Waals surface area contributed by atoms with E-state index in [9.17, 15) is 15.0 Å². The number of ether oxygens (including phenoxy) is 1. The average molecular weight is 266 g/mol. The van der Waals surface area contributed by atoms with E-state index in [2.05, 4.69) is 6.92 Å². The van der Waals surface area contributed by atoms with E-state index in [-0.39, 0.29) is 24.0 Å². The number of hydrogen-bond acceptors (Lipinski definition) is 4. The zero-order chi connectivity index (χ0) is 13.8. The summed E-state index contributed by atoms with van der Waals surface area (Å²) in [5.74, 6) is -0.446. The summed E-state index contributed by atoms with van der Waals surface area (Å²) >= 11 is 0. The van der Waals surface area contributed by atoms with E-state index in [4.69, 9.17) is 4.74 Å². The molecule has 1 aliphatic heterocycles. The standard InChI is InChI=1S/C15H22O4/c1-14-5-3-6-15(2,18)12(14)11-9(4-7-14)10(8-16)13(17)19-11/h11-12,16,18H,3-8H2,1-2H3/t11?,12?,14-,15+/m0/s1. The number of carbonyl (C=O) groups is 1. The average Bonchev–Trinajstić information content (AvgIpc) is 2.62. The van der Waals surface area contributed by atoms with E-state index in [0.29, 0.717) is 5.57 Å². The van der Waals surface area contributed by atoms with Crippen LogP contribution in [-0.4, -0.2) is 34.5 Å². The van der Waals surface area contributed by atoms with Crippen LogP contribution in [0.1, 0.15) is 46.0 Å². The fourth-order valence-corrected chi connectivity index (χ4v) is 4.59. The Kier molecular flexibility index (Phi) is 2.81. The summed E-state index contributed by atoms with van der Waals surface area (Å²) in [6.45, 7) is 3.81. The van der Waals surface area contributed by atoms with E-state index >= 15 is 0 Å². The summed E-state index contributed by atoms with van der Waals surface area (Å²) in [4.78, 5) is 11.8. The number of rotatable bonds is 1. The van der Waals surface area contributed by atoms with Gasteiger partial charge in [0.25, 0.3) is 0 Å². The van der Waals surface area contributed by atoms with Crippen molar-refractivity contribution in [2.75, 3.05) is 6.61 Å². The van der Waals surface area contributed by atoms with Gasteiger partial charge in [-0.05, 0) is 43.6 Å². The van der Waals surface area contributed by atoms with Crippen molar-refractivity contribution in [1.29, 1.82) is 0 Å². The van der Waals surface area contributed by atoms with Crippen molar-refractivity contribution in [2.24, 2.45) is 11.3 Å². The second kappa shape index (κ2) is 4.06. The van der Waals surface area contributed by atoms with E-state index in [0.717, 1.165) is 37.7 Å². The van der Waals surface area contributed by atoms with Crippen LogP contribution in [0, 0.1) is 11.3 Å². The SMILES string of the molecule is C[C@@]12CCC[C@@](C)(O)C1C1OC(=O)C(CO)=C1CC2. The van der Waals surface area contributed by atoms with Gasteiger partial charge in [0.15, 0.2) is 0 Å². The molecular formula is C15H22O4. The molecule has 2 unspecified atom stereocenters. The number of aliphatic hydroxyl groups is 2. The van der Waals surface area contributed by atoms with Gasteiger partial charge in [0.1, 0.15) is 6.10 Å². The van der Waals surface area contributed by atoms with Crippen molar-refractivity contribution in [3.8, 4) is 0 Å². The lowest BCUT2D eigenvalue weighted by molar-refractivity contribution is -0.169. The minimum atomic E-state index is -0.797. The zero-order valence-corrected chi connectivity index (χ0v) is 11.6. The highest BCUT2D eigenvalue weighted by molar-refractivity contribution is 5.92. The predicted octanol–water partition coefficient (Wildman–Crippen LogP) is 1.55. The molecule has 0 saturated heterocycles. The topological polar surface area (TPSA) is 66.8 Å². The quantitative estimate of drug-likeness (QED) is 0.707. The molecule has 2 aliphatic carbocycles. The van der Waals surface area contributed by atoms with Crippen molar-refractivity contribution in [3.05, 3.63) is 11.1 Å². The van der Waals surface area contributed by atoms with Gasteiger partial charge in [-0.25, -0.2) is 4.79 Å². The third-order valence-electron chi connectivity index (χ3n) is 5.49. The van der Waals surface area contributed by atoms with Crippen LogP contribution in [0.2, 0.25) is 0 Å². The molecule has 2 saturated carbocycles. The van der Waals surface area contributed by atoms with Crippen LogP contribution in [0.3, 0.4) is 0 Å². The molecule has 19 heavy (non-hydrogen) atoms. The molecule has 2 N–H and O–H groups in total. The first-order valence-corrected chi connectivity index (χ1v) is 7.15. The Hall–Kier alpha value is -0.870. The van der Waals surface area contributed by atoms with E-state index in [1.807, 2.05) is 6.92 Å². The maximum atomic E-state index is 11.8. The van der Waals surface area contributed by atoms with E-state index in [1.165, 1.54) is 0 Å². The molecule has 1 heterocycles. The van der Waals surface area contributed by atoms with Crippen LogP contribution in [-0.2, 0) is 9.53 Å². The lowest BCUT2D eigenvalue weighted by atomic mass is 9.53. The molecule has 0 radical (unpaired) electrons. The largest absolute Gasteiger partial charge is 0.454 e. The number of hydrogen-bond donors (Lipinski definition) is 2. The van der Waals surface area contributed by atoms with Gasteiger partial charge in [0.2, 0.25) is 0 Å². The number of esters is 1. The number of carbonyl (C=O) groups excluding carboxylic acids is 1. The van der Waals surface area contributed by atoms with Gasteiger partial charge in [-0.1, -0.05) is 13.3 Å². The highest BCUT2D eigenvalue weighted by Gasteiger charge is 2.58. The van der Waals surface area contributed by atoms with Crippen molar-refractivity contribution < 1.29 is 19.7 Å². The van der Waals surface area contributed by atoms with Crippen LogP contribution in [0.15, 0.2) is 11.1 Å². The molecule has 3 rings (SSSR count). The third-order valence-corrected chi connectivity index (χ3v) is 5.49. The van der Waals surface area contributed by atoms with Gasteiger partial charge in [-0.2, -0.15) is 0 Å². The Bertz CT molecular complexity index is 451.